The monoisotopic (exact) mass is 283 g/mol. The first-order valence-corrected chi connectivity index (χ1v) is 7.02. The van der Waals surface area contributed by atoms with E-state index in [1.54, 1.807) is 11.9 Å². The maximum atomic E-state index is 12.0. The van der Waals surface area contributed by atoms with Crippen LogP contribution in [0.4, 0.5) is 0 Å². The number of hydrogen-bond acceptors (Lipinski definition) is 2. The fourth-order valence-corrected chi connectivity index (χ4v) is 1.81. The summed E-state index contributed by atoms with van der Waals surface area (Å²) in [6, 6.07) is 6.14. The fraction of sp³-hybridized carbons (Fsp3) is 0.533. The van der Waals surface area contributed by atoms with Gasteiger partial charge in [-0.1, -0.05) is 18.2 Å². The third-order valence-corrected chi connectivity index (χ3v) is 3.30. The zero-order valence-electron chi connectivity index (χ0n) is 11.9. The highest BCUT2D eigenvalue weighted by atomic mass is 35.5. The lowest BCUT2D eigenvalue weighted by Crippen LogP contribution is -2.31. The first-order valence-electron chi connectivity index (χ1n) is 6.48. The number of aryl methyl sites for hydroxylation is 2. The van der Waals surface area contributed by atoms with Gasteiger partial charge in [-0.2, -0.15) is 0 Å². The van der Waals surface area contributed by atoms with Crippen LogP contribution in [0.5, 0.6) is 0 Å². The summed E-state index contributed by atoms with van der Waals surface area (Å²) in [5, 5.41) is 0. The molecule has 0 aromatic heterocycles. The molecule has 0 radical (unpaired) electrons. The summed E-state index contributed by atoms with van der Waals surface area (Å²) in [5.74, 6) is 0.595. The van der Waals surface area contributed by atoms with Crippen LogP contribution in [0.15, 0.2) is 18.2 Å². The fourth-order valence-electron chi connectivity index (χ4n) is 1.71. The Hall–Kier alpha value is -1.06. The van der Waals surface area contributed by atoms with Crippen molar-refractivity contribution in [1.29, 1.82) is 0 Å². The van der Waals surface area contributed by atoms with Crippen molar-refractivity contribution in [3.8, 4) is 0 Å². The van der Waals surface area contributed by atoms with E-state index in [4.69, 9.17) is 16.3 Å². The van der Waals surface area contributed by atoms with Crippen molar-refractivity contribution >= 4 is 17.5 Å². The van der Waals surface area contributed by atoms with Crippen molar-refractivity contribution < 1.29 is 9.53 Å². The summed E-state index contributed by atoms with van der Waals surface area (Å²) >= 11 is 5.51. The van der Waals surface area contributed by atoms with Crippen LogP contribution in [-0.4, -0.2) is 43.5 Å². The summed E-state index contributed by atoms with van der Waals surface area (Å²) in [6.45, 7) is 5.79. The van der Waals surface area contributed by atoms with Crippen LogP contribution in [0, 0.1) is 13.8 Å². The minimum absolute atomic E-state index is 0.109. The lowest BCUT2D eigenvalue weighted by atomic mass is 10.0. The predicted octanol–water partition coefficient (Wildman–Crippen LogP) is 2.56. The Balaban J connectivity index is 2.42. The molecule has 0 aliphatic rings. The molecule has 1 aromatic rings. The van der Waals surface area contributed by atoms with Crippen LogP contribution >= 0.6 is 11.6 Å². The van der Waals surface area contributed by atoms with E-state index in [1.807, 2.05) is 6.07 Å². The van der Waals surface area contributed by atoms with E-state index >= 15 is 0 Å². The Bertz CT molecular complexity index is 421. The summed E-state index contributed by atoms with van der Waals surface area (Å²) in [4.78, 5) is 13.7. The number of rotatable bonds is 7. The standard InChI is InChI=1S/C15H22ClNO2/c1-12-4-5-14(10-13(12)2)11-15(18)17(3)7-9-19-8-6-16/h4-5,10H,6-9,11H2,1-3H3. The van der Waals surface area contributed by atoms with E-state index < -0.39 is 0 Å². The molecular formula is C15H22ClNO2. The minimum Gasteiger partial charge on any atom is -0.378 e. The molecule has 106 valence electrons. The van der Waals surface area contributed by atoms with E-state index in [-0.39, 0.29) is 5.91 Å². The van der Waals surface area contributed by atoms with E-state index in [0.29, 0.717) is 32.1 Å². The zero-order valence-corrected chi connectivity index (χ0v) is 12.7. The number of likely N-dealkylation sites (N-methyl/N-ethyl adjacent to an activating group) is 1. The lowest BCUT2D eigenvalue weighted by molar-refractivity contribution is -0.129. The molecule has 1 aromatic carbocycles. The smallest absolute Gasteiger partial charge is 0.226 e. The highest BCUT2D eigenvalue weighted by Gasteiger charge is 2.09. The van der Waals surface area contributed by atoms with Crippen LogP contribution in [-0.2, 0) is 16.0 Å². The summed E-state index contributed by atoms with van der Waals surface area (Å²) in [5.41, 5.74) is 3.53. The molecule has 0 saturated heterocycles. The Morgan fingerprint density at radius 2 is 2.00 bits per heavy atom. The predicted molar refractivity (Wildman–Crippen MR) is 78.8 cm³/mol. The van der Waals surface area contributed by atoms with Crippen molar-refractivity contribution in [3.63, 3.8) is 0 Å². The number of amides is 1. The van der Waals surface area contributed by atoms with Crippen molar-refractivity contribution in [3.05, 3.63) is 34.9 Å². The molecule has 0 unspecified atom stereocenters. The maximum Gasteiger partial charge on any atom is 0.226 e. The molecule has 0 spiro atoms. The second-order valence-corrected chi connectivity index (χ2v) is 5.09. The van der Waals surface area contributed by atoms with Crippen molar-refractivity contribution in [2.24, 2.45) is 0 Å². The van der Waals surface area contributed by atoms with Crippen molar-refractivity contribution in [1.82, 2.24) is 4.90 Å². The number of ether oxygens (including phenoxy) is 1. The normalized spacial score (nSPS) is 10.5. The molecule has 0 atom stereocenters. The van der Waals surface area contributed by atoms with Gasteiger partial charge in [-0.3, -0.25) is 4.79 Å². The number of hydrogen-bond donors (Lipinski definition) is 0. The maximum absolute atomic E-state index is 12.0. The summed E-state index contributed by atoms with van der Waals surface area (Å²) in [6.07, 6.45) is 0.438. The van der Waals surface area contributed by atoms with E-state index in [9.17, 15) is 4.79 Å². The molecule has 1 amide bonds. The molecule has 0 bridgehead atoms. The highest BCUT2D eigenvalue weighted by molar-refractivity contribution is 6.17. The second kappa shape index (κ2) is 8.18. The van der Waals surface area contributed by atoms with Crippen LogP contribution in [0.2, 0.25) is 0 Å². The molecular weight excluding hydrogens is 262 g/mol. The van der Waals surface area contributed by atoms with Gasteiger partial charge in [0.05, 0.1) is 19.6 Å². The Kier molecular flexibility index (Phi) is 6.89. The third kappa shape index (κ3) is 5.62. The van der Waals surface area contributed by atoms with Gasteiger partial charge in [-0.15, -0.1) is 11.6 Å². The molecule has 3 nitrogen and oxygen atoms in total. The number of nitrogens with zero attached hydrogens (tertiary/aromatic N) is 1. The van der Waals surface area contributed by atoms with Gasteiger partial charge in [0.25, 0.3) is 0 Å². The zero-order chi connectivity index (χ0) is 14.3. The van der Waals surface area contributed by atoms with Gasteiger partial charge >= 0.3 is 0 Å². The average Bonchev–Trinajstić information content (AvgIpc) is 2.38. The number of benzene rings is 1. The van der Waals surface area contributed by atoms with Gasteiger partial charge in [0.15, 0.2) is 0 Å². The largest absolute Gasteiger partial charge is 0.378 e. The number of carbonyl (C=O) groups is 1. The molecule has 19 heavy (non-hydrogen) atoms. The van der Waals surface area contributed by atoms with E-state index in [1.165, 1.54) is 11.1 Å². The van der Waals surface area contributed by atoms with E-state index in [2.05, 4.69) is 26.0 Å². The van der Waals surface area contributed by atoms with Gasteiger partial charge in [-0.25, -0.2) is 0 Å². The lowest BCUT2D eigenvalue weighted by Gasteiger charge is -2.17. The highest BCUT2D eigenvalue weighted by Crippen LogP contribution is 2.11. The quantitative estimate of drug-likeness (QED) is 0.569. The molecule has 0 heterocycles. The molecule has 0 aliphatic heterocycles. The number of halogens is 1. The number of alkyl halides is 1. The molecule has 4 heteroatoms. The molecule has 0 N–H and O–H groups in total. The Labute approximate surface area is 120 Å². The van der Waals surface area contributed by atoms with Gasteiger partial charge < -0.3 is 9.64 Å². The molecule has 1 rings (SSSR count). The van der Waals surface area contributed by atoms with Crippen LogP contribution in [0.3, 0.4) is 0 Å². The van der Waals surface area contributed by atoms with Crippen LogP contribution < -0.4 is 0 Å². The average molecular weight is 284 g/mol. The SMILES string of the molecule is Cc1ccc(CC(=O)N(C)CCOCCCl)cc1C. The number of carbonyl (C=O) groups excluding carboxylic acids is 1. The van der Waals surface area contributed by atoms with Gasteiger partial charge in [0.2, 0.25) is 5.91 Å². The van der Waals surface area contributed by atoms with Gasteiger partial charge in [0.1, 0.15) is 0 Å². The van der Waals surface area contributed by atoms with Gasteiger partial charge in [0, 0.05) is 19.5 Å². The topological polar surface area (TPSA) is 29.5 Å². The first-order chi connectivity index (χ1) is 9.04. The van der Waals surface area contributed by atoms with Crippen molar-refractivity contribution in [2.45, 2.75) is 20.3 Å². The third-order valence-electron chi connectivity index (χ3n) is 3.14. The molecule has 0 fully saturated rings. The minimum atomic E-state index is 0.109. The van der Waals surface area contributed by atoms with Crippen molar-refractivity contribution in [2.75, 3.05) is 32.7 Å². The first kappa shape index (κ1) is 16.0. The summed E-state index contributed by atoms with van der Waals surface area (Å²) in [7, 11) is 1.80. The second-order valence-electron chi connectivity index (χ2n) is 4.71. The summed E-state index contributed by atoms with van der Waals surface area (Å²) < 4.78 is 5.26. The molecule has 0 saturated carbocycles. The van der Waals surface area contributed by atoms with Gasteiger partial charge in [-0.05, 0) is 30.5 Å². The van der Waals surface area contributed by atoms with E-state index in [0.717, 1.165) is 5.56 Å². The Morgan fingerprint density at radius 3 is 2.63 bits per heavy atom. The Morgan fingerprint density at radius 1 is 1.26 bits per heavy atom. The van der Waals surface area contributed by atoms with Crippen LogP contribution in [0.1, 0.15) is 16.7 Å². The molecule has 0 aliphatic carbocycles. The van der Waals surface area contributed by atoms with Crippen LogP contribution in [0.25, 0.3) is 0 Å².